The molecule has 0 radical (unpaired) electrons. The van der Waals surface area contributed by atoms with Gasteiger partial charge >= 0.3 is 5.03 Å². The molecule has 0 saturated heterocycles. The van der Waals surface area contributed by atoms with Crippen LogP contribution < -0.4 is 5.14 Å². The molecule has 31 heavy (non-hydrogen) atoms. The van der Waals surface area contributed by atoms with Crippen LogP contribution in [0.2, 0.25) is 0 Å². The van der Waals surface area contributed by atoms with Crippen molar-refractivity contribution in [1.29, 1.82) is 0 Å². The van der Waals surface area contributed by atoms with E-state index < -0.39 is 10.0 Å². The summed E-state index contributed by atoms with van der Waals surface area (Å²) in [5.74, 6) is 0.568. The van der Waals surface area contributed by atoms with Gasteiger partial charge in [0.05, 0.1) is 5.92 Å². The first-order valence-corrected chi connectivity index (χ1v) is 13.2. The van der Waals surface area contributed by atoms with Gasteiger partial charge in [-0.05, 0) is 46.3 Å². The Kier molecular flexibility index (Phi) is 6.61. The second kappa shape index (κ2) is 8.47. The lowest BCUT2D eigenvalue weighted by Gasteiger charge is -2.27. The molecule has 1 atom stereocenters. The van der Waals surface area contributed by atoms with Crippen LogP contribution in [0.25, 0.3) is 0 Å². The monoisotopic (exact) mass is 445 g/mol. The average Bonchev–Trinajstić information content (AvgIpc) is 2.97. The first-order chi connectivity index (χ1) is 14.2. The van der Waals surface area contributed by atoms with Crippen molar-refractivity contribution in [2.45, 2.75) is 96.8 Å². The Hall–Kier alpha value is -1.46. The molecular weight excluding hydrogens is 404 g/mol. The van der Waals surface area contributed by atoms with Crippen molar-refractivity contribution in [3.05, 3.63) is 46.0 Å². The Labute approximate surface area is 189 Å². The van der Waals surface area contributed by atoms with E-state index >= 15 is 0 Å². The van der Waals surface area contributed by atoms with Gasteiger partial charge < -0.3 is 0 Å². The minimum Gasteiger partial charge on any atom is -0.219 e. The van der Waals surface area contributed by atoms with Gasteiger partial charge in [0, 0.05) is 12.5 Å². The van der Waals surface area contributed by atoms with E-state index in [2.05, 4.69) is 59.7 Å². The van der Waals surface area contributed by atoms with E-state index in [1.807, 2.05) is 17.7 Å². The van der Waals surface area contributed by atoms with E-state index in [1.165, 1.54) is 54.5 Å². The summed E-state index contributed by atoms with van der Waals surface area (Å²) in [5.41, 5.74) is 4.93. The second-order valence-corrected chi connectivity index (χ2v) is 13.1. The number of sulfonamides is 1. The number of benzene rings is 1. The summed E-state index contributed by atoms with van der Waals surface area (Å²) in [6, 6.07) is 6.86. The van der Waals surface area contributed by atoms with Crippen LogP contribution in [0.5, 0.6) is 0 Å². The first kappa shape index (κ1) is 24.2. The second-order valence-electron chi connectivity index (χ2n) is 11.6. The highest BCUT2D eigenvalue weighted by Gasteiger charge is 2.40. The number of primary sulfonamides is 1. The van der Waals surface area contributed by atoms with E-state index in [9.17, 15) is 8.42 Å². The average molecular weight is 446 g/mol. The molecule has 2 N–H and O–H groups in total. The summed E-state index contributed by atoms with van der Waals surface area (Å²) in [4.78, 5) is 0. The molecule has 5 heteroatoms. The number of nitrogens with two attached hydrogens (primary N) is 1. The molecule has 0 spiro atoms. The number of nitrogens with zero attached hydrogens (tertiary/aromatic N) is 1. The van der Waals surface area contributed by atoms with Crippen LogP contribution in [0.4, 0.5) is 0 Å². The van der Waals surface area contributed by atoms with Crippen molar-refractivity contribution >= 4 is 15.7 Å². The van der Waals surface area contributed by atoms with Crippen LogP contribution in [0.1, 0.15) is 103 Å². The molecule has 1 aliphatic heterocycles. The molecule has 1 aromatic carbocycles. The van der Waals surface area contributed by atoms with Gasteiger partial charge in [-0.15, -0.1) is 0 Å². The molecule has 172 valence electrons. The molecule has 0 amide bonds. The summed E-state index contributed by atoms with van der Waals surface area (Å²) in [6.07, 6.45) is 9.12. The maximum atomic E-state index is 12.4. The van der Waals surface area contributed by atoms with Crippen molar-refractivity contribution in [3.63, 3.8) is 0 Å². The third-order valence-corrected chi connectivity index (χ3v) is 7.98. The Bertz CT molecular complexity index is 967. The van der Waals surface area contributed by atoms with E-state index in [0.717, 1.165) is 6.42 Å². The molecule has 0 aromatic heterocycles. The number of hydrogen-bond acceptors (Lipinski definition) is 2. The molecule has 1 aliphatic carbocycles. The summed E-state index contributed by atoms with van der Waals surface area (Å²) in [6.45, 7) is 13.4. The topological polar surface area (TPSA) is 63.2 Å². The van der Waals surface area contributed by atoms with Crippen molar-refractivity contribution in [2.75, 3.05) is 7.05 Å². The molecule has 3 rings (SSSR count). The third kappa shape index (κ3) is 5.48. The van der Waals surface area contributed by atoms with E-state index in [0.29, 0.717) is 5.92 Å². The molecule has 0 bridgehead atoms. The van der Waals surface area contributed by atoms with Gasteiger partial charge in [0.15, 0.2) is 5.71 Å². The van der Waals surface area contributed by atoms with Crippen molar-refractivity contribution in [1.82, 2.24) is 0 Å². The lowest BCUT2D eigenvalue weighted by molar-refractivity contribution is -0.429. The van der Waals surface area contributed by atoms with Crippen LogP contribution in [0.15, 0.2) is 29.3 Å². The van der Waals surface area contributed by atoms with Gasteiger partial charge in [0.1, 0.15) is 7.05 Å². The quantitative estimate of drug-likeness (QED) is 0.617. The maximum Gasteiger partial charge on any atom is 0.309 e. The summed E-state index contributed by atoms with van der Waals surface area (Å²) in [7, 11) is -1.91. The van der Waals surface area contributed by atoms with Gasteiger partial charge in [0.2, 0.25) is 0 Å². The lowest BCUT2D eigenvalue weighted by atomic mass is 9.76. The third-order valence-electron chi connectivity index (χ3n) is 6.99. The smallest absolute Gasteiger partial charge is 0.219 e. The molecule has 4 nitrogen and oxygen atoms in total. The zero-order valence-corrected chi connectivity index (χ0v) is 21.3. The van der Waals surface area contributed by atoms with Crippen molar-refractivity contribution in [2.24, 2.45) is 11.1 Å². The highest BCUT2D eigenvalue weighted by molar-refractivity contribution is 7.92. The predicted octanol–water partition coefficient (Wildman–Crippen LogP) is 5.56. The van der Waals surface area contributed by atoms with Crippen LogP contribution in [-0.4, -0.2) is 25.8 Å². The highest BCUT2D eigenvalue weighted by atomic mass is 32.2. The Morgan fingerprint density at radius 2 is 1.45 bits per heavy atom. The molecule has 1 unspecified atom stereocenters. The largest absolute Gasteiger partial charge is 0.309 e. The lowest BCUT2D eigenvalue weighted by Crippen LogP contribution is -2.26. The SMILES string of the molecule is C[N+]1=C(CC2CCCCC2)C(c2cc(C(C)(C)C)cc(C(C)(C)C)c2)C=C1S(N)(=O)=O. The normalized spacial score (nSPS) is 21.5. The Morgan fingerprint density at radius 3 is 1.90 bits per heavy atom. The number of allylic oxidation sites excluding steroid dienone is 1. The van der Waals surface area contributed by atoms with Crippen LogP contribution >= 0.6 is 0 Å². The zero-order chi connectivity index (χ0) is 23.2. The fourth-order valence-corrected chi connectivity index (χ4v) is 5.75. The Morgan fingerprint density at radius 1 is 0.935 bits per heavy atom. The molecule has 2 aliphatic rings. The Balaban J connectivity index is 2.14. The van der Waals surface area contributed by atoms with E-state index in [1.54, 1.807) is 0 Å². The fourth-order valence-electron chi connectivity index (χ4n) is 4.92. The van der Waals surface area contributed by atoms with Gasteiger partial charge in [-0.25, -0.2) is 13.6 Å². The molecule has 1 heterocycles. The number of hydrogen-bond donors (Lipinski definition) is 1. The summed E-state index contributed by atoms with van der Waals surface area (Å²) >= 11 is 0. The maximum absolute atomic E-state index is 12.4. The molecule has 1 aromatic rings. The first-order valence-electron chi connectivity index (χ1n) is 11.7. The van der Waals surface area contributed by atoms with Crippen LogP contribution in [-0.2, 0) is 20.9 Å². The zero-order valence-electron chi connectivity index (χ0n) is 20.5. The van der Waals surface area contributed by atoms with Crippen molar-refractivity contribution < 1.29 is 13.0 Å². The standard InChI is InChI=1S/C26H41N2O2S/c1-25(2,3)20-14-19(15-21(16-20)26(4,5)6)22-17-24(31(27,29)30)28(7)23(22)13-18-11-9-8-10-12-18/h14-18,22H,8-13H2,1-7H3,(H2,27,29,30)/q+1. The van der Waals surface area contributed by atoms with Crippen LogP contribution in [0.3, 0.4) is 0 Å². The van der Waals surface area contributed by atoms with Crippen molar-refractivity contribution in [3.8, 4) is 0 Å². The van der Waals surface area contributed by atoms with E-state index in [-0.39, 0.29) is 21.8 Å². The predicted molar refractivity (Wildman–Crippen MR) is 130 cm³/mol. The minimum absolute atomic E-state index is 0.0105. The van der Waals surface area contributed by atoms with Gasteiger partial charge in [-0.3, -0.25) is 0 Å². The minimum atomic E-state index is -3.78. The fraction of sp³-hybridized carbons (Fsp3) is 0.654. The summed E-state index contributed by atoms with van der Waals surface area (Å²) < 4.78 is 26.6. The number of rotatable bonds is 4. The molecule has 1 fully saturated rings. The van der Waals surface area contributed by atoms with Gasteiger partial charge in [-0.2, -0.15) is 4.58 Å². The molecular formula is C26H41N2O2S+. The van der Waals surface area contributed by atoms with Gasteiger partial charge in [-0.1, -0.05) is 79.0 Å². The van der Waals surface area contributed by atoms with Gasteiger partial charge in [0.25, 0.3) is 10.0 Å². The molecule has 1 saturated carbocycles. The summed E-state index contributed by atoms with van der Waals surface area (Å²) in [5, 5.41) is 5.85. The van der Waals surface area contributed by atoms with Crippen LogP contribution in [0, 0.1) is 5.92 Å². The van der Waals surface area contributed by atoms with E-state index in [4.69, 9.17) is 5.14 Å². The highest BCUT2D eigenvalue weighted by Crippen LogP contribution is 2.38.